The fourth-order valence-corrected chi connectivity index (χ4v) is 10.1. The Morgan fingerprint density at radius 2 is 1.62 bits per heavy atom. The monoisotopic (exact) mass is 998 g/mol. The second kappa shape index (κ2) is 22.5. The topological polar surface area (TPSA) is 220 Å². The van der Waals surface area contributed by atoms with Gasteiger partial charge in [0.1, 0.15) is 29.7 Å². The summed E-state index contributed by atoms with van der Waals surface area (Å²) in [5.41, 5.74) is 2.57. The van der Waals surface area contributed by atoms with Crippen molar-refractivity contribution >= 4 is 61.9 Å². The van der Waals surface area contributed by atoms with Gasteiger partial charge in [-0.1, -0.05) is 19.6 Å². The number of benzene rings is 2. The summed E-state index contributed by atoms with van der Waals surface area (Å²) in [6.45, 7) is 8.71. The van der Waals surface area contributed by atoms with Crippen LogP contribution in [0.25, 0.3) is 27.8 Å². The van der Waals surface area contributed by atoms with E-state index in [2.05, 4.69) is 31.9 Å². The molecule has 376 valence electrons. The summed E-state index contributed by atoms with van der Waals surface area (Å²) in [5, 5.41) is 5.80. The van der Waals surface area contributed by atoms with Gasteiger partial charge in [-0.15, -0.1) is 0 Å². The number of allylic oxidation sites excluding steroid dienone is 1. The molecule has 6 heterocycles. The lowest BCUT2D eigenvalue weighted by Crippen LogP contribution is -2.51. The molecule has 2 aromatic carbocycles. The Labute approximate surface area is 409 Å². The van der Waals surface area contributed by atoms with Crippen LogP contribution in [0.1, 0.15) is 66.2 Å². The van der Waals surface area contributed by atoms with Gasteiger partial charge < -0.3 is 39.2 Å². The molecular formula is C49H56F2N10O9S. The maximum absolute atomic E-state index is 16.1. The number of nitrogens with zero attached hydrogens (tertiary/aromatic N) is 7. The molecule has 22 heteroatoms. The van der Waals surface area contributed by atoms with Crippen molar-refractivity contribution in [2.75, 3.05) is 87.0 Å². The molecule has 8 rings (SSSR count). The number of hydrogen-bond acceptors (Lipinski definition) is 14. The smallest absolute Gasteiger partial charge is 0.264 e. The fraction of sp³-hybridized carbons (Fsp3) is 0.408. The third-order valence-corrected chi connectivity index (χ3v) is 14.1. The number of aromatic nitrogens is 4. The number of rotatable bonds is 22. The number of nitrogens with one attached hydrogen (secondary N) is 3. The molecule has 71 heavy (non-hydrogen) atoms. The van der Waals surface area contributed by atoms with Crippen molar-refractivity contribution in [1.29, 1.82) is 0 Å². The summed E-state index contributed by atoms with van der Waals surface area (Å²) in [6.07, 6.45) is 8.75. The average molecular weight is 999 g/mol. The fourth-order valence-electron chi connectivity index (χ4n) is 9.00. The van der Waals surface area contributed by atoms with Crippen LogP contribution in [-0.4, -0.2) is 146 Å². The van der Waals surface area contributed by atoms with Crippen LogP contribution in [0.5, 0.6) is 0 Å². The maximum atomic E-state index is 16.1. The molecule has 0 bridgehead atoms. The van der Waals surface area contributed by atoms with E-state index in [9.17, 15) is 27.6 Å². The number of halogens is 2. The molecule has 1 unspecified atom stereocenters. The van der Waals surface area contributed by atoms with Crippen LogP contribution in [0.15, 0.2) is 79.7 Å². The molecule has 3 aliphatic rings. The van der Waals surface area contributed by atoms with E-state index in [0.29, 0.717) is 124 Å². The minimum atomic E-state index is -3.87. The molecule has 2 saturated heterocycles. The molecule has 3 N–H and O–H groups in total. The molecule has 1 atom stereocenters. The molecule has 0 radical (unpaired) electrons. The van der Waals surface area contributed by atoms with E-state index in [0.717, 1.165) is 17.0 Å². The molecule has 4 amide bonds. The summed E-state index contributed by atoms with van der Waals surface area (Å²) in [5.74, 6) is -3.03. The van der Waals surface area contributed by atoms with Crippen molar-refractivity contribution in [2.24, 2.45) is 0 Å². The lowest BCUT2D eigenvalue weighted by atomic mass is 10.0. The van der Waals surface area contributed by atoms with Crippen LogP contribution >= 0.6 is 0 Å². The number of hydrogen-bond donors (Lipinski definition) is 3. The zero-order valence-corrected chi connectivity index (χ0v) is 40.3. The predicted octanol–water partition coefficient (Wildman–Crippen LogP) is 5.28. The number of imide groups is 1. The molecule has 0 aliphatic carbocycles. The Bertz CT molecular complexity index is 2910. The van der Waals surface area contributed by atoms with Crippen LogP contribution in [0.2, 0.25) is 0 Å². The number of amides is 4. The van der Waals surface area contributed by atoms with E-state index in [1.807, 2.05) is 16.8 Å². The van der Waals surface area contributed by atoms with Gasteiger partial charge in [-0.05, 0) is 68.5 Å². The minimum Gasteiger partial charge on any atom is -0.382 e. The van der Waals surface area contributed by atoms with Crippen molar-refractivity contribution < 1.29 is 50.6 Å². The van der Waals surface area contributed by atoms with E-state index in [1.165, 1.54) is 17.1 Å². The molecular weight excluding hydrogens is 943 g/mol. The van der Waals surface area contributed by atoms with E-state index in [-0.39, 0.29) is 47.5 Å². The molecule has 19 nitrogen and oxygen atoms in total. The Hall–Kier alpha value is -6.88. The standard InChI is InChI=1S/C49H56F2N10O9S/c1-4-26-71(66,67)57-38-10-9-36(50)46(44(38)51)60-29-35(32-27-52-30-53-28-32)45-39(60)12-13-41(56-45)58(3)33-14-18-59(19-15-33)42(62)16-20-68-22-24-70-25-23-69-21-17-54-37-7-5-6-34-43(37)49(65)61(48(34)64)40-11-8-31(2)55-47(40)63/h5-7,9-10,12-13,27-30,33,40,54,57H,2,4,8,11,14-26H2,1,3H3,(H,55,63). The van der Waals surface area contributed by atoms with Crippen molar-refractivity contribution in [1.82, 2.24) is 34.6 Å². The highest BCUT2D eigenvalue weighted by Gasteiger charge is 2.45. The van der Waals surface area contributed by atoms with Gasteiger partial charge in [0.15, 0.2) is 5.82 Å². The van der Waals surface area contributed by atoms with Crippen molar-refractivity contribution in [2.45, 2.75) is 57.5 Å². The third-order valence-electron chi connectivity index (χ3n) is 12.6. The van der Waals surface area contributed by atoms with Gasteiger partial charge >= 0.3 is 0 Å². The highest BCUT2D eigenvalue weighted by Crippen LogP contribution is 2.37. The zero-order chi connectivity index (χ0) is 50.2. The number of anilines is 3. The number of sulfonamides is 1. The van der Waals surface area contributed by atoms with Crippen LogP contribution in [-0.2, 0) is 33.8 Å². The number of carbonyl (C=O) groups is 4. The van der Waals surface area contributed by atoms with Crippen molar-refractivity contribution in [3.8, 4) is 16.8 Å². The average Bonchev–Trinajstić information content (AvgIpc) is 3.86. The number of piperidine rings is 2. The van der Waals surface area contributed by atoms with Crippen LogP contribution in [0, 0.1) is 11.6 Å². The normalized spacial score (nSPS) is 16.4. The Kier molecular flexibility index (Phi) is 16.0. The number of pyridine rings is 1. The first-order valence-electron chi connectivity index (χ1n) is 23.5. The van der Waals surface area contributed by atoms with E-state index >= 15 is 8.78 Å². The lowest BCUT2D eigenvalue weighted by Gasteiger charge is -2.37. The number of carbonyl (C=O) groups excluding carboxylic acids is 4. The summed E-state index contributed by atoms with van der Waals surface area (Å²) < 4.78 is 77.1. The SMILES string of the molecule is C=C1CCC(N2C(=O)c3cccc(NCCOCCOCCOCCC(=O)N4CCC(N(C)c5ccc6c(n5)c(-c5cncnc5)cn6-c5c(F)ccc(NS(=O)(=O)CCC)c5F)CC4)c3C2=O)C(=O)N1. The van der Waals surface area contributed by atoms with Gasteiger partial charge in [0, 0.05) is 73.8 Å². The molecule has 0 saturated carbocycles. The Balaban J connectivity index is 0.752. The Morgan fingerprint density at radius 3 is 2.34 bits per heavy atom. The quantitative estimate of drug-likeness (QED) is 0.0594. The van der Waals surface area contributed by atoms with Gasteiger partial charge in [0.2, 0.25) is 21.8 Å². The highest BCUT2D eigenvalue weighted by atomic mass is 32.2. The van der Waals surface area contributed by atoms with Crippen molar-refractivity contribution in [3.05, 3.63) is 102 Å². The molecule has 3 aliphatic heterocycles. The summed E-state index contributed by atoms with van der Waals surface area (Å²) >= 11 is 0. The van der Waals surface area contributed by atoms with E-state index in [4.69, 9.17) is 19.2 Å². The first-order chi connectivity index (χ1) is 34.3. The summed E-state index contributed by atoms with van der Waals surface area (Å²) in [4.78, 5) is 70.2. The molecule has 2 fully saturated rings. The van der Waals surface area contributed by atoms with Crippen LogP contribution in [0.3, 0.4) is 0 Å². The number of fused-ring (bicyclic) bond motifs is 2. The predicted molar refractivity (Wildman–Crippen MR) is 261 cm³/mol. The van der Waals surface area contributed by atoms with Gasteiger partial charge in [-0.3, -0.25) is 28.8 Å². The first-order valence-corrected chi connectivity index (χ1v) is 25.1. The zero-order valence-electron chi connectivity index (χ0n) is 39.5. The molecule has 0 spiro atoms. The van der Waals surface area contributed by atoms with Crippen molar-refractivity contribution in [3.63, 3.8) is 0 Å². The minimum absolute atomic E-state index is 0.0108. The Morgan fingerprint density at radius 1 is 0.901 bits per heavy atom. The van der Waals surface area contributed by atoms with Gasteiger partial charge in [0.05, 0.1) is 79.7 Å². The molecule has 3 aromatic heterocycles. The van der Waals surface area contributed by atoms with E-state index < -0.39 is 51.1 Å². The summed E-state index contributed by atoms with van der Waals surface area (Å²) in [7, 11) is -1.95. The van der Waals surface area contributed by atoms with Gasteiger partial charge in [-0.25, -0.2) is 32.2 Å². The van der Waals surface area contributed by atoms with Gasteiger partial charge in [0.25, 0.3) is 11.8 Å². The second-order valence-electron chi connectivity index (χ2n) is 17.3. The van der Waals surface area contributed by atoms with Crippen LogP contribution in [0.4, 0.5) is 26.0 Å². The van der Waals surface area contributed by atoms with Gasteiger partial charge in [-0.2, -0.15) is 0 Å². The van der Waals surface area contributed by atoms with Crippen LogP contribution < -0.4 is 20.3 Å². The maximum Gasteiger partial charge on any atom is 0.264 e. The summed E-state index contributed by atoms with van der Waals surface area (Å²) in [6, 6.07) is 9.69. The third kappa shape index (κ3) is 11.4. The number of likely N-dealkylation sites (tertiary alicyclic amines) is 1. The largest absolute Gasteiger partial charge is 0.382 e. The number of ether oxygens (including phenoxy) is 3. The second-order valence-corrected chi connectivity index (χ2v) is 19.2. The highest BCUT2D eigenvalue weighted by molar-refractivity contribution is 7.92. The first kappa shape index (κ1) is 50.5. The molecule has 5 aromatic rings. The lowest BCUT2D eigenvalue weighted by molar-refractivity contribution is -0.133. The van der Waals surface area contributed by atoms with E-state index in [1.54, 1.807) is 49.6 Å².